The third-order valence-electron chi connectivity index (χ3n) is 2.77. The Morgan fingerprint density at radius 3 is 2.56 bits per heavy atom. The van der Waals surface area contributed by atoms with E-state index in [1.807, 2.05) is 13.0 Å². The fourth-order valence-corrected chi connectivity index (χ4v) is 2.89. The van der Waals surface area contributed by atoms with Gasteiger partial charge in [0, 0.05) is 7.05 Å². The third kappa shape index (κ3) is 3.54. The highest BCUT2D eigenvalue weighted by molar-refractivity contribution is 7.88. The molecule has 1 N–H and O–H groups in total. The Bertz CT molecular complexity index is 539. The van der Waals surface area contributed by atoms with Crippen molar-refractivity contribution in [3.05, 3.63) is 35.4 Å². The van der Waals surface area contributed by atoms with Gasteiger partial charge in [-0.25, -0.2) is 8.42 Å². The number of sulfonamides is 1. The zero-order valence-electron chi connectivity index (χ0n) is 10.6. The van der Waals surface area contributed by atoms with Crippen LogP contribution in [0, 0.1) is 6.92 Å². The Morgan fingerprint density at radius 1 is 1.44 bits per heavy atom. The first kappa shape index (κ1) is 14.7. The summed E-state index contributed by atoms with van der Waals surface area (Å²) in [4.78, 5) is 10.8. The van der Waals surface area contributed by atoms with Crippen LogP contribution >= 0.6 is 0 Å². The number of likely N-dealkylation sites (N-methyl/N-ethyl adjacent to an activating group) is 1. The van der Waals surface area contributed by atoms with Gasteiger partial charge in [-0.05, 0) is 19.4 Å². The summed E-state index contributed by atoms with van der Waals surface area (Å²) >= 11 is 0. The van der Waals surface area contributed by atoms with Gasteiger partial charge in [-0.3, -0.25) is 4.79 Å². The molecule has 0 aliphatic heterocycles. The lowest BCUT2D eigenvalue weighted by molar-refractivity contribution is -0.140. The largest absolute Gasteiger partial charge is 0.480 e. The normalized spacial score (nSPS) is 13.6. The summed E-state index contributed by atoms with van der Waals surface area (Å²) in [7, 11) is -2.34. The standard InChI is InChI=1S/C12H17NO4S/c1-9-5-4-6-11(7-9)8-18(16,17)13(3)10(2)12(14)15/h4-7,10H,8H2,1-3H3,(H,14,15). The molecule has 0 fully saturated rings. The second kappa shape index (κ2) is 5.49. The molecular weight excluding hydrogens is 254 g/mol. The van der Waals surface area contributed by atoms with Gasteiger partial charge in [0.2, 0.25) is 10.0 Å². The van der Waals surface area contributed by atoms with Crippen molar-refractivity contribution in [3.8, 4) is 0 Å². The van der Waals surface area contributed by atoms with E-state index >= 15 is 0 Å². The molecule has 0 saturated heterocycles. The van der Waals surface area contributed by atoms with E-state index in [1.165, 1.54) is 14.0 Å². The number of hydrogen-bond donors (Lipinski definition) is 1. The van der Waals surface area contributed by atoms with Crippen LogP contribution in [0.3, 0.4) is 0 Å². The SMILES string of the molecule is Cc1cccc(CS(=O)(=O)N(C)C(C)C(=O)O)c1. The molecule has 0 aliphatic carbocycles. The number of nitrogens with zero attached hydrogens (tertiary/aromatic N) is 1. The first-order chi connectivity index (χ1) is 8.24. The first-order valence-corrected chi connectivity index (χ1v) is 7.09. The van der Waals surface area contributed by atoms with Crippen LogP contribution in [0.1, 0.15) is 18.1 Å². The Balaban J connectivity index is 2.92. The maximum absolute atomic E-state index is 12.0. The van der Waals surface area contributed by atoms with Crippen molar-refractivity contribution >= 4 is 16.0 Å². The number of benzene rings is 1. The lowest BCUT2D eigenvalue weighted by Gasteiger charge is -2.21. The summed E-state index contributed by atoms with van der Waals surface area (Å²) in [5.74, 6) is -1.35. The van der Waals surface area contributed by atoms with Crippen LogP contribution in [-0.2, 0) is 20.6 Å². The number of carboxylic acids is 1. The van der Waals surface area contributed by atoms with Gasteiger partial charge < -0.3 is 5.11 Å². The Morgan fingerprint density at radius 2 is 2.06 bits per heavy atom. The van der Waals surface area contributed by atoms with E-state index in [0.717, 1.165) is 9.87 Å². The van der Waals surface area contributed by atoms with E-state index in [-0.39, 0.29) is 5.75 Å². The predicted molar refractivity (Wildman–Crippen MR) is 68.7 cm³/mol. The third-order valence-corrected chi connectivity index (χ3v) is 4.67. The van der Waals surface area contributed by atoms with E-state index in [9.17, 15) is 13.2 Å². The smallest absolute Gasteiger partial charge is 0.321 e. The summed E-state index contributed by atoms with van der Waals surface area (Å²) in [6, 6.07) is 6.07. The number of rotatable bonds is 5. The van der Waals surface area contributed by atoms with Crippen molar-refractivity contribution in [2.75, 3.05) is 7.05 Å². The van der Waals surface area contributed by atoms with E-state index in [1.54, 1.807) is 18.2 Å². The quantitative estimate of drug-likeness (QED) is 0.874. The van der Waals surface area contributed by atoms with Gasteiger partial charge in [0.1, 0.15) is 6.04 Å². The molecule has 18 heavy (non-hydrogen) atoms. The maximum atomic E-state index is 12.0. The van der Waals surface area contributed by atoms with Crippen LogP contribution < -0.4 is 0 Å². The molecule has 1 aromatic carbocycles. The highest BCUT2D eigenvalue weighted by Crippen LogP contribution is 2.13. The average Bonchev–Trinajstić information content (AvgIpc) is 2.26. The fraction of sp³-hybridized carbons (Fsp3) is 0.417. The van der Waals surface area contributed by atoms with Crippen molar-refractivity contribution < 1.29 is 18.3 Å². The first-order valence-electron chi connectivity index (χ1n) is 5.48. The second-order valence-electron chi connectivity index (χ2n) is 4.28. The van der Waals surface area contributed by atoms with Crippen LogP contribution in [0.2, 0.25) is 0 Å². The van der Waals surface area contributed by atoms with E-state index in [2.05, 4.69) is 0 Å². The molecule has 0 aliphatic rings. The predicted octanol–water partition coefficient (Wildman–Crippen LogP) is 1.23. The number of carboxylic acid groups (broad SMARTS) is 1. The molecule has 0 aromatic heterocycles. The monoisotopic (exact) mass is 271 g/mol. The van der Waals surface area contributed by atoms with Gasteiger partial charge in [0.05, 0.1) is 5.75 Å². The maximum Gasteiger partial charge on any atom is 0.321 e. The minimum absolute atomic E-state index is 0.192. The van der Waals surface area contributed by atoms with Gasteiger partial charge in [-0.15, -0.1) is 0 Å². The highest BCUT2D eigenvalue weighted by Gasteiger charge is 2.27. The molecule has 5 nitrogen and oxygen atoms in total. The lowest BCUT2D eigenvalue weighted by atomic mass is 10.2. The summed E-state index contributed by atoms with van der Waals surface area (Å²) in [5.41, 5.74) is 1.62. The number of hydrogen-bond acceptors (Lipinski definition) is 3. The Hall–Kier alpha value is -1.40. The van der Waals surface area contributed by atoms with Gasteiger partial charge in [-0.1, -0.05) is 29.8 Å². The topological polar surface area (TPSA) is 74.7 Å². The molecule has 1 aromatic rings. The highest BCUT2D eigenvalue weighted by atomic mass is 32.2. The number of aliphatic carboxylic acids is 1. The van der Waals surface area contributed by atoms with Crippen LogP contribution in [0.4, 0.5) is 0 Å². The molecule has 0 radical (unpaired) electrons. The molecular formula is C12H17NO4S. The molecule has 0 saturated carbocycles. The lowest BCUT2D eigenvalue weighted by Crippen LogP contribution is -2.40. The van der Waals surface area contributed by atoms with Gasteiger partial charge in [0.25, 0.3) is 0 Å². The van der Waals surface area contributed by atoms with E-state index in [0.29, 0.717) is 5.56 Å². The number of aryl methyl sites for hydroxylation is 1. The Labute approximate surface area is 107 Å². The van der Waals surface area contributed by atoms with Gasteiger partial charge >= 0.3 is 5.97 Å². The summed E-state index contributed by atoms with van der Waals surface area (Å²) in [5, 5.41) is 8.82. The molecule has 0 amide bonds. The van der Waals surface area contributed by atoms with Crippen LogP contribution in [0.15, 0.2) is 24.3 Å². The van der Waals surface area contributed by atoms with Crippen molar-refractivity contribution in [1.29, 1.82) is 0 Å². The molecule has 6 heteroatoms. The minimum atomic E-state index is -3.62. The van der Waals surface area contributed by atoms with Crippen LogP contribution in [0.25, 0.3) is 0 Å². The van der Waals surface area contributed by atoms with E-state index < -0.39 is 22.0 Å². The summed E-state index contributed by atoms with van der Waals surface area (Å²) in [6.07, 6.45) is 0. The van der Waals surface area contributed by atoms with Gasteiger partial charge in [-0.2, -0.15) is 4.31 Å². The fourth-order valence-electron chi connectivity index (χ4n) is 1.51. The zero-order chi connectivity index (χ0) is 13.9. The van der Waals surface area contributed by atoms with Gasteiger partial charge in [0.15, 0.2) is 0 Å². The average molecular weight is 271 g/mol. The van der Waals surface area contributed by atoms with Crippen LogP contribution in [-0.4, -0.2) is 36.9 Å². The van der Waals surface area contributed by atoms with Crippen molar-refractivity contribution in [3.63, 3.8) is 0 Å². The molecule has 1 rings (SSSR count). The van der Waals surface area contributed by atoms with Crippen LogP contribution in [0.5, 0.6) is 0 Å². The van der Waals surface area contributed by atoms with Crippen molar-refractivity contribution in [2.45, 2.75) is 25.6 Å². The summed E-state index contributed by atoms with van der Waals surface area (Å²) in [6.45, 7) is 3.22. The number of carbonyl (C=O) groups is 1. The molecule has 0 spiro atoms. The molecule has 100 valence electrons. The molecule has 0 bridgehead atoms. The Kier molecular flexibility index (Phi) is 4.48. The van der Waals surface area contributed by atoms with Crippen molar-refractivity contribution in [1.82, 2.24) is 4.31 Å². The molecule has 1 atom stereocenters. The minimum Gasteiger partial charge on any atom is -0.480 e. The second-order valence-corrected chi connectivity index (χ2v) is 6.30. The molecule has 1 unspecified atom stereocenters. The molecule has 0 heterocycles. The zero-order valence-corrected chi connectivity index (χ0v) is 11.4. The summed E-state index contributed by atoms with van der Waals surface area (Å²) < 4.78 is 24.9. The van der Waals surface area contributed by atoms with Crippen molar-refractivity contribution in [2.24, 2.45) is 0 Å². The van der Waals surface area contributed by atoms with E-state index in [4.69, 9.17) is 5.11 Å².